The largest absolute Gasteiger partial charge is 0.495 e. The molecule has 0 spiro atoms. The molecule has 3 rings (SSSR count). The molecule has 0 aliphatic rings. The van der Waals surface area contributed by atoms with E-state index in [2.05, 4.69) is 17.4 Å². The summed E-state index contributed by atoms with van der Waals surface area (Å²) in [5, 5.41) is 3.27. The number of rotatable bonds is 8. The van der Waals surface area contributed by atoms with Gasteiger partial charge in [-0.25, -0.2) is 8.42 Å². The molecule has 1 N–H and O–H groups in total. The molecule has 1 atom stereocenters. The van der Waals surface area contributed by atoms with E-state index in [1.807, 2.05) is 34.6 Å². The van der Waals surface area contributed by atoms with Gasteiger partial charge in [0.15, 0.2) is 0 Å². The van der Waals surface area contributed by atoms with E-state index in [1.54, 1.807) is 24.3 Å². The van der Waals surface area contributed by atoms with Crippen LogP contribution in [0.25, 0.3) is 0 Å². The van der Waals surface area contributed by atoms with Crippen molar-refractivity contribution in [1.82, 2.24) is 5.32 Å². The number of hydrogen-bond donors (Lipinski definition) is 1. The zero-order chi connectivity index (χ0) is 25.9. The lowest BCUT2D eigenvalue weighted by Crippen LogP contribution is -2.41. The van der Waals surface area contributed by atoms with Crippen LogP contribution < -0.4 is 14.4 Å². The van der Waals surface area contributed by atoms with Crippen LogP contribution in [0.2, 0.25) is 5.02 Å². The average molecular weight is 515 g/mol. The lowest BCUT2D eigenvalue weighted by molar-refractivity contribution is -0.120. The first-order valence-electron chi connectivity index (χ1n) is 11.2. The number of halogens is 1. The fourth-order valence-corrected chi connectivity index (χ4v) is 5.53. The van der Waals surface area contributed by atoms with Crippen molar-refractivity contribution in [3.05, 3.63) is 87.4 Å². The fourth-order valence-electron chi connectivity index (χ4n) is 3.94. The molecule has 0 saturated carbocycles. The Kier molecular flexibility index (Phi) is 8.13. The molecule has 0 bridgehead atoms. The lowest BCUT2D eigenvalue weighted by Gasteiger charge is -2.27. The minimum atomic E-state index is -4.10. The first-order valence-corrected chi connectivity index (χ1v) is 13.1. The maximum Gasteiger partial charge on any atom is 0.264 e. The first kappa shape index (κ1) is 26.6. The van der Waals surface area contributed by atoms with Gasteiger partial charge < -0.3 is 10.1 Å². The monoisotopic (exact) mass is 514 g/mol. The smallest absolute Gasteiger partial charge is 0.264 e. The van der Waals surface area contributed by atoms with Crippen LogP contribution in [-0.2, 0) is 14.8 Å². The molecular weight excluding hydrogens is 484 g/mol. The molecule has 0 aliphatic carbocycles. The number of methoxy groups -OCH3 is 1. The van der Waals surface area contributed by atoms with Gasteiger partial charge in [-0.1, -0.05) is 41.4 Å². The van der Waals surface area contributed by atoms with Crippen LogP contribution in [0, 0.1) is 27.7 Å². The van der Waals surface area contributed by atoms with Crippen LogP contribution >= 0.6 is 11.6 Å². The van der Waals surface area contributed by atoms with Gasteiger partial charge in [0.05, 0.1) is 23.7 Å². The molecule has 1 unspecified atom stereocenters. The van der Waals surface area contributed by atoms with Gasteiger partial charge in [-0.3, -0.25) is 9.10 Å². The number of nitrogens with one attached hydrogen (secondary N) is 1. The molecule has 3 aromatic carbocycles. The van der Waals surface area contributed by atoms with E-state index < -0.39 is 22.5 Å². The third-order valence-corrected chi connectivity index (χ3v) is 8.04. The summed E-state index contributed by atoms with van der Waals surface area (Å²) in [4.78, 5) is 13.3. The summed E-state index contributed by atoms with van der Waals surface area (Å²) in [6.45, 7) is 9.37. The van der Waals surface area contributed by atoms with E-state index in [4.69, 9.17) is 16.3 Å². The van der Waals surface area contributed by atoms with Crippen molar-refractivity contribution in [1.29, 1.82) is 0 Å². The molecule has 8 heteroatoms. The third-order valence-electron chi connectivity index (χ3n) is 6.03. The number of carbonyl (C=O) groups excluding carboxylic acids is 1. The highest BCUT2D eigenvalue weighted by molar-refractivity contribution is 7.92. The highest BCUT2D eigenvalue weighted by atomic mass is 35.5. The van der Waals surface area contributed by atoms with Crippen molar-refractivity contribution in [2.75, 3.05) is 18.0 Å². The Morgan fingerprint density at radius 3 is 2.23 bits per heavy atom. The number of benzene rings is 3. The molecule has 0 saturated heterocycles. The number of anilines is 1. The molecule has 0 aromatic heterocycles. The Morgan fingerprint density at radius 2 is 1.60 bits per heavy atom. The summed E-state index contributed by atoms with van der Waals surface area (Å²) in [5.41, 5.74) is 5.44. The van der Waals surface area contributed by atoms with Crippen molar-refractivity contribution in [2.45, 2.75) is 45.6 Å². The van der Waals surface area contributed by atoms with Gasteiger partial charge in [-0.2, -0.15) is 0 Å². The molecule has 1 amide bonds. The molecular formula is C27H31ClN2O4S. The van der Waals surface area contributed by atoms with Crippen molar-refractivity contribution in [3.8, 4) is 5.75 Å². The van der Waals surface area contributed by atoms with Crippen LogP contribution in [0.3, 0.4) is 0 Å². The van der Waals surface area contributed by atoms with E-state index in [9.17, 15) is 13.2 Å². The van der Waals surface area contributed by atoms with Crippen LogP contribution in [0.4, 0.5) is 5.69 Å². The Labute approximate surface area is 212 Å². The molecule has 186 valence electrons. The summed E-state index contributed by atoms with van der Waals surface area (Å²) in [7, 11) is -2.66. The zero-order valence-corrected chi connectivity index (χ0v) is 22.4. The summed E-state index contributed by atoms with van der Waals surface area (Å²) < 4.78 is 33.8. The molecule has 0 fully saturated rings. The van der Waals surface area contributed by atoms with E-state index in [-0.39, 0.29) is 22.4 Å². The van der Waals surface area contributed by atoms with Crippen LogP contribution in [0.1, 0.15) is 40.8 Å². The number of nitrogens with zero attached hydrogens (tertiary/aromatic N) is 1. The molecule has 0 aliphatic heterocycles. The fraction of sp³-hybridized carbons (Fsp3) is 0.296. The van der Waals surface area contributed by atoms with Gasteiger partial charge in [0.25, 0.3) is 10.0 Å². The van der Waals surface area contributed by atoms with Gasteiger partial charge in [0.2, 0.25) is 5.91 Å². The standard InChI is InChI=1S/C27H31ClN2O4S/c1-17-7-10-23(11-8-17)35(32,33)30(25-15-22(28)9-12-26(25)34-6)16-27(31)29-21(5)24-14-19(3)18(2)13-20(24)4/h7-15,21H,16H2,1-6H3,(H,29,31). The number of ether oxygens (including phenoxy) is 1. The second kappa shape index (κ2) is 10.7. The van der Waals surface area contributed by atoms with Crippen LogP contribution in [0.15, 0.2) is 59.5 Å². The second-order valence-corrected chi connectivity index (χ2v) is 11.0. The topological polar surface area (TPSA) is 75.7 Å². The van der Waals surface area contributed by atoms with E-state index in [1.165, 1.54) is 30.9 Å². The molecule has 6 nitrogen and oxygen atoms in total. The van der Waals surface area contributed by atoms with Crippen molar-refractivity contribution >= 4 is 33.2 Å². The molecule has 35 heavy (non-hydrogen) atoms. The predicted molar refractivity (Wildman–Crippen MR) is 141 cm³/mol. The normalized spacial score (nSPS) is 12.2. The quantitative estimate of drug-likeness (QED) is 0.421. The minimum absolute atomic E-state index is 0.0657. The Hall–Kier alpha value is -3.03. The molecule has 0 heterocycles. The second-order valence-electron chi connectivity index (χ2n) is 8.72. The summed E-state index contributed by atoms with van der Waals surface area (Å²) in [5.74, 6) is -0.163. The Bertz CT molecular complexity index is 1340. The number of sulfonamides is 1. The summed E-state index contributed by atoms with van der Waals surface area (Å²) >= 11 is 6.20. The van der Waals surface area contributed by atoms with E-state index in [0.717, 1.165) is 26.6 Å². The number of hydrogen-bond acceptors (Lipinski definition) is 4. The number of amides is 1. The summed E-state index contributed by atoms with van der Waals surface area (Å²) in [6, 6.07) is 15.0. The van der Waals surface area contributed by atoms with Crippen molar-refractivity contribution in [3.63, 3.8) is 0 Å². The first-order chi connectivity index (χ1) is 16.4. The van der Waals surface area contributed by atoms with Crippen molar-refractivity contribution < 1.29 is 17.9 Å². The van der Waals surface area contributed by atoms with Crippen LogP contribution in [-0.4, -0.2) is 28.0 Å². The van der Waals surface area contributed by atoms with E-state index >= 15 is 0 Å². The Balaban J connectivity index is 1.99. The van der Waals surface area contributed by atoms with E-state index in [0.29, 0.717) is 5.02 Å². The molecule has 3 aromatic rings. The average Bonchev–Trinajstić information content (AvgIpc) is 2.80. The van der Waals surface area contributed by atoms with Gasteiger partial charge in [0.1, 0.15) is 12.3 Å². The minimum Gasteiger partial charge on any atom is -0.495 e. The van der Waals surface area contributed by atoms with Crippen LogP contribution in [0.5, 0.6) is 5.75 Å². The molecule has 0 radical (unpaired) electrons. The highest BCUT2D eigenvalue weighted by Gasteiger charge is 2.30. The maximum absolute atomic E-state index is 13.7. The highest BCUT2D eigenvalue weighted by Crippen LogP contribution is 2.35. The zero-order valence-electron chi connectivity index (χ0n) is 20.8. The van der Waals surface area contributed by atoms with Gasteiger partial charge >= 0.3 is 0 Å². The predicted octanol–water partition coefficient (Wildman–Crippen LogP) is 5.65. The third kappa shape index (κ3) is 5.97. The number of aryl methyl sites for hydroxylation is 4. The summed E-state index contributed by atoms with van der Waals surface area (Å²) in [6.07, 6.45) is 0. The number of carbonyl (C=O) groups is 1. The van der Waals surface area contributed by atoms with Gasteiger partial charge in [-0.15, -0.1) is 0 Å². The Morgan fingerprint density at radius 1 is 0.971 bits per heavy atom. The maximum atomic E-state index is 13.7. The van der Waals surface area contributed by atoms with Crippen molar-refractivity contribution in [2.24, 2.45) is 0 Å². The van der Waals surface area contributed by atoms with Gasteiger partial charge in [-0.05, 0) is 87.2 Å². The lowest BCUT2D eigenvalue weighted by atomic mass is 9.96. The SMILES string of the molecule is COc1ccc(Cl)cc1N(CC(=O)NC(C)c1cc(C)c(C)cc1C)S(=O)(=O)c1ccc(C)cc1. The van der Waals surface area contributed by atoms with Gasteiger partial charge in [0, 0.05) is 5.02 Å².